The average Bonchev–Trinajstić information content (AvgIpc) is 3.09. The molecule has 4 rings (SSSR count). The lowest BCUT2D eigenvalue weighted by molar-refractivity contribution is -0.115. The van der Waals surface area contributed by atoms with Gasteiger partial charge in [0.25, 0.3) is 0 Å². The van der Waals surface area contributed by atoms with E-state index in [1.54, 1.807) is 18.2 Å². The van der Waals surface area contributed by atoms with E-state index < -0.39 is 0 Å². The van der Waals surface area contributed by atoms with E-state index in [0.29, 0.717) is 21.6 Å². The third-order valence-electron chi connectivity index (χ3n) is 4.06. The smallest absolute Gasteiger partial charge is 0.228 e. The molecule has 0 aliphatic rings. The zero-order valence-electron chi connectivity index (χ0n) is 14.1. The molecule has 0 spiro atoms. The first-order valence-electron chi connectivity index (χ1n) is 8.28. The second kappa shape index (κ2) is 7.43. The predicted octanol–water partition coefficient (Wildman–Crippen LogP) is 5.98. The number of anilines is 1. The Kier molecular flexibility index (Phi) is 4.84. The molecule has 3 aromatic carbocycles. The quantitative estimate of drug-likeness (QED) is 0.461. The average molecular weight is 397 g/mol. The number of nitrogens with zero attached hydrogens (tertiary/aromatic N) is 1. The molecule has 4 nitrogen and oxygen atoms in total. The van der Waals surface area contributed by atoms with Crippen LogP contribution in [0.25, 0.3) is 22.6 Å². The molecule has 134 valence electrons. The minimum Gasteiger partial charge on any atom is -0.436 e. The van der Waals surface area contributed by atoms with Gasteiger partial charge in [-0.3, -0.25) is 4.79 Å². The minimum absolute atomic E-state index is 0.136. The molecule has 4 aromatic rings. The van der Waals surface area contributed by atoms with Crippen molar-refractivity contribution in [1.82, 2.24) is 4.98 Å². The molecule has 0 aliphatic carbocycles. The zero-order valence-corrected chi connectivity index (χ0v) is 15.6. The van der Waals surface area contributed by atoms with Crippen LogP contribution in [0.3, 0.4) is 0 Å². The van der Waals surface area contributed by atoms with Crippen molar-refractivity contribution in [3.05, 3.63) is 82.3 Å². The Morgan fingerprint density at radius 1 is 0.963 bits per heavy atom. The third kappa shape index (κ3) is 3.97. The molecule has 6 heteroatoms. The van der Waals surface area contributed by atoms with Gasteiger partial charge in [0.05, 0.1) is 16.5 Å². The highest BCUT2D eigenvalue weighted by Crippen LogP contribution is 2.26. The summed E-state index contributed by atoms with van der Waals surface area (Å²) in [5.74, 6) is 0.410. The summed E-state index contributed by atoms with van der Waals surface area (Å²) in [5.41, 5.74) is 3.89. The maximum Gasteiger partial charge on any atom is 0.228 e. The third-order valence-corrected chi connectivity index (χ3v) is 4.80. The highest BCUT2D eigenvalue weighted by Gasteiger charge is 2.09. The fourth-order valence-electron chi connectivity index (χ4n) is 2.73. The number of hydrogen-bond donors (Lipinski definition) is 1. The SMILES string of the molecule is O=C(Cc1ccc(Cl)c(Cl)c1)Nc1ccc(-c2nc3ccccc3o2)cc1. The predicted molar refractivity (Wildman–Crippen MR) is 108 cm³/mol. The largest absolute Gasteiger partial charge is 0.436 e. The van der Waals surface area contributed by atoms with Gasteiger partial charge in [-0.2, -0.15) is 0 Å². The Bertz CT molecular complexity index is 1090. The van der Waals surface area contributed by atoms with Gasteiger partial charge >= 0.3 is 0 Å². The zero-order chi connectivity index (χ0) is 18.8. The fraction of sp³-hybridized carbons (Fsp3) is 0.0476. The molecule has 27 heavy (non-hydrogen) atoms. The molecule has 0 aliphatic heterocycles. The van der Waals surface area contributed by atoms with Gasteiger partial charge in [-0.1, -0.05) is 41.4 Å². The lowest BCUT2D eigenvalue weighted by Crippen LogP contribution is -2.14. The number of para-hydroxylation sites is 2. The van der Waals surface area contributed by atoms with Crippen LogP contribution in [0.1, 0.15) is 5.56 Å². The maximum absolute atomic E-state index is 12.2. The first-order chi connectivity index (χ1) is 13.1. The van der Waals surface area contributed by atoms with Crippen molar-refractivity contribution >= 4 is 45.9 Å². The second-order valence-corrected chi connectivity index (χ2v) is 6.85. The number of carbonyl (C=O) groups is 1. The van der Waals surface area contributed by atoms with Gasteiger partial charge in [-0.25, -0.2) is 4.98 Å². The number of halogens is 2. The van der Waals surface area contributed by atoms with Gasteiger partial charge in [0.15, 0.2) is 5.58 Å². The molecule has 0 saturated carbocycles. The summed E-state index contributed by atoms with van der Waals surface area (Å²) in [6, 6.07) is 20.1. The fourth-order valence-corrected chi connectivity index (χ4v) is 3.05. The summed E-state index contributed by atoms with van der Waals surface area (Å²) in [6.07, 6.45) is 0.212. The number of rotatable bonds is 4. The molecule has 1 aromatic heterocycles. The van der Waals surface area contributed by atoms with Crippen LogP contribution in [0.4, 0.5) is 5.69 Å². The summed E-state index contributed by atoms with van der Waals surface area (Å²) < 4.78 is 5.75. The highest BCUT2D eigenvalue weighted by molar-refractivity contribution is 6.42. The van der Waals surface area contributed by atoms with E-state index in [2.05, 4.69) is 10.3 Å². The first kappa shape index (κ1) is 17.6. The normalized spacial score (nSPS) is 10.9. The second-order valence-electron chi connectivity index (χ2n) is 6.04. The standard InChI is InChI=1S/C21H14Cl2N2O2/c22-16-10-5-13(11-17(16)23)12-20(26)24-15-8-6-14(7-9-15)21-25-18-3-1-2-4-19(18)27-21/h1-11H,12H2,(H,24,26). The summed E-state index contributed by atoms with van der Waals surface area (Å²) in [6.45, 7) is 0. The van der Waals surface area contributed by atoms with Gasteiger partial charge in [0, 0.05) is 11.3 Å². The van der Waals surface area contributed by atoms with Crippen LogP contribution in [-0.4, -0.2) is 10.9 Å². The first-order valence-corrected chi connectivity index (χ1v) is 9.04. The number of fused-ring (bicyclic) bond motifs is 1. The Morgan fingerprint density at radius 2 is 1.74 bits per heavy atom. The van der Waals surface area contributed by atoms with Crippen LogP contribution >= 0.6 is 23.2 Å². The molecule has 0 fully saturated rings. The number of amides is 1. The monoisotopic (exact) mass is 396 g/mol. The lowest BCUT2D eigenvalue weighted by atomic mass is 10.1. The molecular formula is C21H14Cl2N2O2. The number of oxazole rings is 1. The highest BCUT2D eigenvalue weighted by atomic mass is 35.5. The van der Waals surface area contributed by atoms with E-state index >= 15 is 0 Å². The van der Waals surface area contributed by atoms with Gasteiger partial charge in [-0.05, 0) is 54.1 Å². The van der Waals surface area contributed by atoms with E-state index in [4.69, 9.17) is 27.6 Å². The van der Waals surface area contributed by atoms with Crippen LogP contribution in [0.2, 0.25) is 10.0 Å². The molecule has 0 radical (unpaired) electrons. The van der Waals surface area contributed by atoms with Crippen LogP contribution in [0, 0.1) is 0 Å². The molecule has 0 bridgehead atoms. The lowest BCUT2D eigenvalue weighted by Gasteiger charge is -2.07. The topological polar surface area (TPSA) is 55.1 Å². The molecule has 1 amide bonds. The van der Waals surface area contributed by atoms with Gasteiger partial charge in [0.2, 0.25) is 11.8 Å². The molecule has 0 unspecified atom stereocenters. The molecular weight excluding hydrogens is 383 g/mol. The number of hydrogen-bond acceptors (Lipinski definition) is 3. The van der Waals surface area contributed by atoms with E-state index in [9.17, 15) is 4.79 Å². The van der Waals surface area contributed by atoms with Crippen molar-refractivity contribution in [2.75, 3.05) is 5.32 Å². The number of aromatic nitrogens is 1. The molecule has 1 heterocycles. The molecule has 0 atom stereocenters. The Balaban J connectivity index is 1.45. The van der Waals surface area contributed by atoms with Crippen molar-refractivity contribution in [3.63, 3.8) is 0 Å². The van der Waals surface area contributed by atoms with Crippen molar-refractivity contribution in [3.8, 4) is 11.5 Å². The van der Waals surface area contributed by atoms with Crippen LogP contribution in [0.15, 0.2) is 71.1 Å². The molecule has 0 saturated heterocycles. The van der Waals surface area contributed by atoms with Crippen molar-refractivity contribution < 1.29 is 9.21 Å². The summed E-state index contributed by atoms with van der Waals surface area (Å²) >= 11 is 11.9. The van der Waals surface area contributed by atoms with Crippen LogP contribution < -0.4 is 5.32 Å². The summed E-state index contributed by atoms with van der Waals surface area (Å²) in [5, 5.41) is 3.77. The number of benzene rings is 3. The van der Waals surface area contributed by atoms with Gasteiger partial charge in [0.1, 0.15) is 5.52 Å². The Morgan fingerprint density at radius 3 is 2.48 bits per heavy atom. The number of carbonyl (C=O) groups excluding carboxylic acids is 1. The van der Waals surface area contributed by atoms with Gasteiger partial charge < -0.3 is 9.73 Å². The summed E-state index contributed by atoms with van der Waals surface area (Å²) in [4.78, 5) is 16.7. The van der Waals surface area contributed by atoms with E-state index in [0.717, 1.165) is 22.2 Å². The van der Waals surface area contributed by atoms with E-state index in [-0.39, 0.29) is 12.3 Å². The van der Waals surface area contributed by atoms with E-state index in [1.807, 2.05) is 48.5 Å². The Hall–Kier alpha value is -2.82. The van der Waals surface area contributed by atoms with Crippen LogP contribution in [0.5, 0.6) is 0 Å². The maximum atomic E-state index is 12.2. The van der Waals surface area contributed by atoms with Crippen molar-refractivity contribution in [2.24, 2.45) is 0 Å². The van der Waals surface area contributed by atoms with E-state index in [1.165, 1.54) is 0 Å². The van der Waals surface area contributed by atoms with Crippen molar-refractivity contribution in [1.29, 1.82) is 0 Å². The minimum atomic E-state index is -0.136. The molecule has 1 N–H and O–H groups in total. The summed E-state index contributed by atoms with van der Waals surface area (Å²) in [7, 11) is 0. The van der Waals surface area contributed by atoms with Crippen LogP contribution in [-0.2, 0) is 11.2 Å². The number of nitrogens with one attached hydrogen (secondary N) is 1. The Labute approximate surface area is 165 Å². The van der Waals surface area contributed by atoms with Gasteiger partial charge in [-0.15, -0.1) is 0 Å². The van der Waals surface area contributed by atoms with Crippen molar-refractivity contribution in [2.45, 2.75) is 6.42 Å².